The molecular formula is C16H19NO2S. The summed E-state index contributed by atoms with van der Waals surface area (Å²) >= 11 is 1.26. The van der Waals surface area contributed by atoms with E-state index in [1.807, 2.05) is 40.7 Å². The van der Waals surface area contributed by atoms with E-state index in [9.17, 15) is 9.90 Å². The third kappa shape index (κ3) is 2.75. The summed E-state index contributed by atoms with van der Waals surface area (Å²) in [7, 11) is 0. The molecule has 0 bridgehead atoms. The van der Waals surface area contributed by atoms with Gasteiger partial charge in [0.05, 0.1) is 5.69 Å². The quantitative estimate of drug-likeness (QED) is 0.890. The van der Waals surface area contributed by atoms with Crippen molar-refractivity contribution in [3.05, 3.63) is 39.9 Å². The summed E-state index contributed by atoms with van der Waals surface area (Å²) in [5.74, 6) is -0.899. The number of nitrogens with zero attached hydrogens (tertiary/aromatic N) is 1. The van der Waals surface area contributed by atoms with Crippen LogP contribution in [-0.4, -0.2) is 16.1 Å². The Balaban J connectivity index is 2.65. The molecule has 2 aromatic rings. The lowest BCUT2D eigenvalue weighted by atomic mass is 9.91. The Bertz CT molecular complexity index is 666. The number of carbonyl (C=O) groups is 1. The molecule has 0 fully saturated rings. The van der Waals surface area contributed by atoms with Gasteiger partial charge in [0, 0.05) is 11.0 Å². The summed E-state index contributed by atoms with van der Waals surface area (Å²) < 4.78 is 0. The maximum atomic E-state index is 11.4. The highest BCUT2D eigenvalue weighted by Gasteiger charge is 2.27. The van der Waals surface area contributed by atoms with Crippen LogP contribution in [0.25, 0.3) is 10.6 Å². The number of carboxylic acids is 1. The van der Waals surface area contributed by atoms with E-state index >= 15 is 0 Å². The van der Waals surface area contributed by atoms with Crippen LogP contribution in [0.4, 0.5) is 0 Å². The van der Waals surface area contributed by atoms with Crippen LogP contribution in [0.5, 0.6) is 0 Å². The van der Waals surface area contributed by atoms with E-state index in [2.05, 4.69) is 17.1 Å². The van der Waals surface area contributed by atoms with Gasteiger partial charge >= 0.3 is 5.97 Å². The molecule has 0 saturated carbocycles. The number of aryl methyl sites for hydroxylation is 2. The normalized spacial score (nSPS) is 11.7. The van der Waals surface area contributed by atoms with Crippen LogP contribution in [0.1, 0.15) is 47.3 Å². The number of thiazole rings is 1. The zero-order valence-electron chi connectivity index (χ0n) is 12.4. The Morgan fingerprint density at radius 1 is 1.25 bits per heavy atom. The number of hydrogen-bond donors (Lipinski definition) is 1. The van der Waals surface area contributed by atoms with Crippen molar-refractivity contribution in [2.45, 2.75) is 40.0 Å². The molecule has 0 spiro atoms. The molecule has 0 aliphatic heterocycles. The minimum absolute atomic E-state index is 0.278. The van der Waals surface area contributed by atoms with Crippen molar-refractivity contribution < 1.29 is 9.90 Å². The highest BCUT2D eigenvalue weighted by Crippen LogP contribution is 2.35. The van der Waals surface area contributed by atoms with Crippen LogP contribution in [0.3, 0.4) is 0 Å². The molecule has 0 radical (unpaired) electrons. The summed E-state index contributed by atoms with van der Waals surface area (Å²) in [6.45, 7) is 10.0. The van der Waals surface area contributed by atoms with Gasteiger partial charge in [0.1, 0.15) is 9.88 Å². The van der Waals surface area contributed by atoms with Gasteiger partial charge in [0.15, 0.2) is 0 Å². The molecule has 0 saturated heterocycles. The lowest BCUT2D eigenvalue weighted by molar-refractivity contribution is 0.0699. The monoisotopic (exact) mass is 289 g/mol. The zero-order chi connectivity index (χ0) is 15.1. The van der Waals surface area contributed by atoms with Crippen molar-refractivity contribution in [2.24, 2.45) is 0 Å². The van der Waals surface area contributed by atoms with Gasteiger partial charge in [-0.25, -0.2) is 9.78 Å². The first-order chi connectivity index (χ1) is 9.20. The van der Waals surface area contributed by atoms with E-state index in [4.69, 9.17) is 0 Å². The number of aromatic carboxylic acids is 1. The van der Waals surface area contributed by atoms with Crippen molar-refractivity contribution in [1.29, 1.82) is 0 Å². The Morgan fingerprint density at radius 3 is 2.40 bits per heavy atom. The van der Waals surface area contributed by atoms with Crippen molar-refractivity contribution in [1.82, 2.24) is 4.98 Å². The third-order valence-electron chi connectivity index (χ3n) is 3.16. The second kappa shape index (κ2) is 5.02. The lowest BCUT2D eigenvalue weighted by Crippen LogP contribution is -2.16. The summed E-state index contributed by atoms with van der Waals surface area (Å²) in [5, 5.41) is 10.2. The van der Waals surface area contributed by atoms with Crippen LogP contribution in [0.15, 0.2) is 18.2 Å². The summed E-state index contributed by atoms with van der Waals surface area (Å²) in [6, 6.07) is 6.16. The summed E-state index contributed by atoms with van der Waals surface area (Å²) in [4.78, 5) is 16.4. The van der Waals surface area contributed by atoms with Crippen LogP contribution in [-0.2, 0) is 5.41 Å². The van der Waals surface area contributed by atoms with Gasteiger partial charge in [-0.05, 0) is 25.5 Å². The number of benzene rings is 1. The fourth-order valence-corrected chi connectivity index (χ4v) is 3.25. The van der Waals surface area contributed by atoms with Crippen molar-refractivity contribution in [3.63, 3.8) is 0 Å². The number of hydrogen-bond acceptors (Lipinski definition) is 3. The first-order valence-corrected chi connectivity index (χ1v) is 7.34. The van der Waals surface area contributed by atoms with E-state index in [1.54, 1.807) is 0 Å². The number of carboxylic acid groups (broad SMARTS) is 1. The summed E-state index contributed by atoms with van der Waals surface area (Å²) in [6.07, 6.45) is 0. The van der Waals surface area contributed by atoms with Gasteiger partial charge in [-0.15, -0.1) is 11.3 Å². The highest BCUT2D eigenvalue weighted by atomic mass is 32.1. The van der Waals surface area contributed by atoms with Crippen LogP contribution in [0.2, 0.25) is 0 Å². The highest BCUT2D eigenvalue weighted by molar-refractivity contribution is 7.17. The smallest absolute Gasteiger partial charge is 0.347 e. The zero-order valence-corrected chi connectivity index (χ0v) is 13.3. The van der Waals surface area contributed by atoms with Crippen molar-refractivity contribution >= 4 is 17.3 Å². The van der Waals surface area contributed by atoms with E-state index in [0.29, 0.717) is 10.6 Å². The molecule has 0 amide bonds. The van der Waals surface area contributed by atoms with Gasteiger partial charge < -0.3 is 5.11 Å². The molecular weight excluding hydrogens is 270 g/mol. The molecule has 4 heteroatoms. The Kier molecular flexibility index (Phi) is 3.69. The molecule has 3 nitrogen and oxygen atoms in total. The second-order valence-electron chi connectivity index (χ2n) is 6.07. The maximum absolute atomic E-state index is 11.4. The molecule has 0 aliphatic rings. The van der Waals surface area contributed by atoms with Gasteiger partial charge in [0.2, 0.25) is 0 Å². The predicted octanol–water partition coefficient (Wildman–Crippen LogP) is 4.42. The topological polar surface area (TPSA) is 50.2 Å². The minimum Gasteiger partial charge on any atom is -0.477 e. The van der Waals surface area contributed by atoms with Crippen molar-refractivity contribution in [2.75, 3.05) is 0 Å². The Hall–Kier alpha value is -1.68. The van der Waals surface area contributed by atoms with E-state index in [-0.39, 0.29) is 5.41 Å². The van der Waals surface area contributed by atoms with Crippen LogP contribution < -0.4 is 0 Å². The maximum Gasteiger partial charge on any atom is 0.347 e. The minimum atomic E-state index is -0.899. The molecule has 1 aromatic carbocycles. The fourth-order valence-electron chi connectivity index (χ4n) is 2.05. The third-order valence-corrected chi connectivity index (χ3v) is 4.23. The predicted molar refractivity (Wildman–Crippen MR) is 82.7 cm³/mol. The molecule has 0 aliphatic carbocycles. The molecule has 2 rings (SSSR count). The Morgan fingerprint density at radius 2 is 1.90 bits per heavy atom. The average Bonchev–Trinajstić information content (AvgIpc) is 2.77. The van der Waals surface area contributed by atoms with Crippen LogP contribution >= 0.6 is 11.3 Å². The second-order valence-corrected chi connectivity index (χ2v) is 7.07. The van der Waals surface area contributed by atoms with Gasteiger partial charge in [-0.3, -0.25) is 0 Å². The largest absolute Gasteiger partial charge is 0.477 e. The number of rotatable bonds is 2. The summed E-state index contributed by atoms with van der Waals surface area (Å²) in [5.41, 5.74) is 3.66. The first-order valence-electron chi connectivity index (χ1n) is 6.52. The lowest BCUT2D eigenvalue weighted by Gasteiger charge is -2.16. The van der Waals surface area contributed by atoms with E-state index in [0.717, 1.165) is 21.7 Å². The SMILES string of the molecule is Cc1ccc(C)c(-c2nc(C(C)(C)C)c(C(=O)O)s2)c1. The Labute approximate surface area is 123 Å². The van der Waals surface area contributed by atoms with Gasteiger partial charge in [0.25, 0.3) is 0 Å². The van der Waals surface area contributed by atoms with Gasteiger partial charge in [-0.2, -0.15) is 0 Å². The molecule has 0 unspecified atom stereocenters. The molecule has 0 atom stereocenters. The first kappa shape index (κ1) is 14.7. The van der Waals surface area contributed by atoms with E-state index < -0.39 is 5.97 Å². The number of aromatic nitrogens is 1. The van der Waals surface area contributed by atoms with Gasteiger partial charge in [-0.1, -0.05) is 38.5 Å². The molecule has 20 heavy (non-hydrogen) atoms. The van der Waals surface area contributed by atoms with E-state index in [1.165, 1.54) is 11.3 Å². The molecule has 1 heterocycles. The molecule has 1 N–H and O–H groups in total. The molecule has 1 aromatic heterocycles. The molecule has 106 valence electrons. The van der Waals surface area contributed by atoms with Crippen molar-refractivity contribution in [3.8, 4) is 10.6 Å². The standard InChI is InChI=1S/C16H19NO2S/c1-9-6-7-10(2)11(8-9)14-17-13(16(3,4)5)12(20-14)15(18)19/h6-8H,1-5H3,(H,18,19). The van der Waals surface area contributed by atoms with Crippen LogP contribution in [0, 0.1) is 13.8 Å². The average molecular weight is 289 g/mol. The fraction of sp³-hybridized carbons (Fsp3) is 0.375.